The Kier molecular flexibility index (Phi) is 16.2. The number of phenolic OH excluding ortho intramolecular Hbond substituents is 1. The van der Waals surface area contributed by atoms with E-state index in [1.807, 2.05) is 24.3 Å². The third kappa shape index (κ3) is 17.4. The first-order valence-corrected chi connectivity index (χ1v) is 11.5. The molecule has 0 bridgehead atoms. The molecular formula is C27H35NO3S2. The molecule has 0 aliphatic rings. The average Bonchev–Trinajstić information content (AvgIpc) is 2.75. The molecule has 0 amide bonds. The zero-order valence-electron chi connectivity index (χ0n) is 20.2. The van der Waals surface area contributed by atoms with Crippen LogP contribution in [0.4, 0.5) is 0 Å². The summed E-state index contributed by atoms with van der Waals surface area (Å²) in [7, 11) is 0. The minimum atomic E-state index is -0.0457. The Morgan fingerprint density at radius 3 is 1.61 bits per heavy atom. The van der Waals surface area contributed by atoms with Crippen molar-refractivity contribution in [2.24, 2.45) is 11.8 Å². The summed E-state index contributed by atoms with van der Waals surface area (Å²) in [5, 5.41) is 18.2. The molecule has 0 fully saturated rings. The summed E-state index contributed by atoms with van der Waals surface area (Å²) in [5.74, 6) is 2.32. The molecular weight excluding hydrogens is 450 g/mol. The monoisotopic (exact) mass is 485 g/mol. The molecule has 0 atom stereocenters. The van der Waals surface area contributed by atoms with E-state index in [0.717, 1.165) is 17.4 Å². The number of phenols is 1. The van der Waals surface area contributed by atoms with Crippen molar-refractivity contribution in [3.05, 3.63) is 90.1 Å². The lowest BCUT2D eigenvalue weighted by Crippen LogP contribution is -2.07. The standard InChI is InChI=1S/C12H9NO2S.C7H6OS.2C4H10/c14-10-6-4-9(5-7-10)12(16)15-11-3-1-2-8-13-11;8-7(9)6-4-2-1-3-5-6;2*1-4(2)3/h1-8,14H;1-5H,(H,8,9);2*4H,1-3H3. The van der Waals surface area contributed by atoms with Gasteiger partial charge in [-0.05, 0) is 66.6 Å². The fraction of sp³-hybridized carbons (Fsp3) is 0.296. The molecule has 3 aromatic rings. The van der Waals surface area contributed by atoms with Crippen molar-refractivity contribution in [1.29, 1.82) is 0 Å². The van der Waals surface area contributed by atoms with Gasteiger partial charge in [0.25, 0.3) is 0 Å². The molecule has 2 aromatic carbocycles. The second-order valence-corrected chi connectivity index (χ2v) is 9.00. The summed E-state index contributed by atoms with van der Waals surface area (Å²) in [4.78, 5) is 4.00. The van der Waals surface area contributed by atoms with Crippen molar-refractivity contribution in [3.8, 4) is 11.6 Å². The van der Waals surface area contributed by atoms with Crippen LogP contribution in [0.2, 0.25) is 0 Å². The van der Waals surface area contributed by atoms with E-state index in [2.05, 4.69) is 58.7 Å². The van der Waals surface area contributed by atoms with Crippen LogP contribution >= 0.6 is 24.4 Å². The maximum atomic E-state index is 9.13. The number of aliphatic hydroxyl groups excluding tert-OH is 1. The number of aromatic nitrogens is 1. The summed E-state index contributed by atoms with van der Waals surface area (Å²) in [6, 6.07) is 20.9. The largest absolute Gasteiger partial charge is 0.508 e. The van der Waals surface area contributed by atoms with Gasteiger partial charge in [0.1, 0.15) is 5.75 Å². The Bertz CT molecular complexity index is 902. The molecule has 0 radical (unpaired) electrons. The highest BCUT2D eigenvalue weighted by Gasteiger charge is 2.04. The average molecular weight is 486 g/mol. The number of nitrogens with zero attached hydrogens (tertiary/aromatic N) is 1. The summed E-state index contributed by atoms with van der Waals surface area (Å²) >= 11 is 9.62. The van der Waals surface area contributed by atoms with E-state index in [-0.39, 0.29) is 10.8 Å². The number of aromatic hydroxyl groups is 1. The van der Waals surface area contributed by atoms with Crippen molar-refractivity contribution in [2.45, 2.75) is 41.5 Å². The van der Waals surface area contributed by atoms with Gasteiger partial charge in [0.15, 0.2) is 10.1 Å². The van der Waals surface area contributed by atoms with E-state index < -0.39 is 0 Å². The van der Waals surface area contributed by atoms with Crippen LogP contribution in [0.15, 0.2) is 79.0 Å². The molecule has 0 saturated carbocycles. The number of thiocarbonyl (C=S) groups is 2. The van der Waals surface area contributed by atoms with Gasteiger partial charge in [-0.25, -0.2) is 4.98 Å². The van der Waals surface area contributed by atoms with Crippen LogP contribution in [0, 0.1) is 11.8 Å². The first-order valence-electron chi connectivity index (χ1n) is 10.7. The third-order valence-electron chi connectivity index (χ3n) is 2.96. The fourth-order valence-electron chi connectivity index (χ4n) is 1.74. The predicted molar refractivity (Wildman–Crippen MR) is 146 cm³/mol. The number of rotatable bonds is 3. The minimum Gasteiger partial charge on any atom is -0.508 e. The first-order chi connectivity index (χ1) is 15.5. The number of aliphatic hydroxyl groups is 1. The molecule has 1 heterocycles. The SMILES string of the molecule is CC(C)C.CC(C)C.OC(=S)c1ccccc1.Oc1ccc(C(=S)Oc2ccccn2)cc1. The zero-order valence-corrected chi connectivity index (χ0v) is 21.9. The van der Waals surface area contributed by atoms with E-state index in [9.17, 15) is 0 Å². The second kappa shape index (κ2) is 17.7. The normalized spacial score (nSPS) is 9.33. The van der Waals surface area contributed by atoms with Crippen LogP contribution in [0.3, 0.4) is 0 Å². The summed E-state index contributed by atoms with van der Waals surface area (Å²) in [5.41, 5.74) is 1.44. The van der Waals surface area contributed by atoms with E-state index in [1.165, 1.54) is 0 Å². The number of hydrogen-bond donors (Lipinski definition) is 2. The second-order valence-electron chi connectivity index (χ2n) is 8.24. The van der Waals surface area contributed by atoms with Crippen LogP contribution in [-0.2, 0) is 0 Å². The van der Waals surface area contributed by atoms with Crippen molar-refractivity contribution in [3.63, 3.8) is 0 Å². The maximum absolute atomic E-state index is 9.13. The van der Waals surface area contributed by atoms with Gasteiger partial charge in [-0.1, -0.05) is 77.9 Å². The van der Waals surface area contributed by atoms with Crippen molar-refractivity contribution < 1.29 is 14.9 Å². The summed E-state index contributed by atoms with van der Waals surface area (Å²) in [6.07, 6.45) is 1.63. The molecule has 0 unspecified atom stereocenters. The molecule has 6 heteroatoms. The van der Waals surface area contributed by atoms with E-state index in [4.69, 9.17) is 27.2 Å². The summed E-state index contributed by atoms with van der Waals surface area (Å²) < 4.78 is 5.38. The van der Waals surface area contributed by atoms with Gasteiger partial charge in [0.05, 0.1) is 0 Å². The minimum absolute atomic E-state index is 0.0457. The number of pyridine rings is 1. The zero-order chi connectivity index (χ0) is 25.2. The smallest absolute Gasteiger partial charge is 0.220 e. The van der Waals surface area contributed by atoms with Gasteiger partial charge in [-0.3, -0.25) is 0 Å². The Hall–Kier alpha value is -2.83. The molecule has 0 aliphatic heterocycles. The molecule has 4 nitrogen and oxygen atoms in total. The maximum Gasteiger partial charge on any atom is 0.220 e. The quantitative estimate of drug-likeness (QED) is 0.369. The van der Waals surface area contributed by atoms with Crippen LogP contribution in [0.5, 0.6) is 11.6 Å². The highest BCUT2D eigenvalue weighted by atomic mass is 32.1. The Labute approximate surface area is 209 Å². The van der Waals surface area contributed by atoms with Crippen LogP contribution in [-0.4, -0.2) is 25.3 Å². The molecule has 2 N–H and O–H groups in total. The van der Waals surface area contributed by atoms with Crippen molar-refractivity contribution >= 4 is 34.5 Å². The van der Waals surface area contributed by atoms with Gasteiger partial charge in [0.2, 0.25) is 5.88 Å². The predicted octanol–water partition coefficient (Wildman–Crippen LogP) is 7.79. The van der Waals surface area contributed by atoms with E-state index in [0.29, 0.717) is 16.5 Å². The van der Waals surface area contributed by atoms with Gasteiger partial charge in [-0.2, -0.15) is 0 Å². The lowest BCUT2D eigenvalue weighted by molar-refractivity contribution is 0.475. The van der Waals surface area contributed by atoms with Crippen molar-refractivity contribution in [1.82, 2.24) is 4.98 Å². The number of ether oxygens (including phenoxy) is 1. The van der Waals surface area contributed by atoms with Crippen LogP contribution < -0.4 is 4.74 Å². The molecule has 33 heavy (non-hydrogen) atoms. The van der Waals surface area contributed by atoms with Gasteiger partial charge in [0, 0.05) is 23.4 Å². The van der Waals surface area contributed by atoms with Gasteiger partial charge in [-0.15, -0.1) is 0 Å². The van der Waals surface area contributed by atoms with E-state index in [1.54, 1.807) is 54.7 Å². The fourth-order valence-corrected chi connectivity index (χ4v) is 2.10. The third-order valence-corrected chi connectivity index (χ3v) is 3.51. The molecule has 0 spiro atoms. The first kappa shape index (κ1) is 30.2. The molecule has 3 rings (SSSR count). The lowest BCUT2D eigenvalue weighted by atomic mass is 10.2. The van der Waals surface area contributed by atoms with Gasteiger partial charge >= 0.3 is 0 Å². The Morgan fingerprint density at radius 2 is 1.21 bits per heavy atom. The lowest BCUT2D eigenvalue weighted by Gasteiger charge is -2.05. The number of hydrogen-bond acceptors (Lipinski definition) is 5. The topological polar surface area (TPSA) is 62.6 Å². The van der Waals surface area contributed by atoms with Crippen LogP contribution in [0.25, 0.3) is 0 Å². The molecule has 1 aromatic heterocycles. The Morgan fingerprint density at radius 1 is 0.727 bits per heavy atom. The highest BCUT2D eigenvalue weighted by molar-refractivity contribution is 7.80. The van der Waals surface area contributed by atoms with Crippen molar-refractivity contribution in [2.75, 3.05) is 0 Å². The Balaban J connectivity index is 0.000000506. The molecule has 0 saturated heterocycles. The van der Waals surface area contributed by atoms with E-state index >= 15 is 0 Å². The van der Waals surface area contributed by atoms with Crippen LogP contribution in [0.1, 0.15) is 52.7 Å². The summed E-state index contributed by atoms with van der Waals surface area (Å²) in [6.45, 7) is 13.0. The number of benzene rings is 2. The van der Waals surface area contributed by atoms with Gasteiger partial charge < -0.3 is 14.9 Å². The molecule has 178 valence electrons. The molecule has 0 aliphatic carbocycles. The highest BCUT2D eigenvalue weighted by Crippen LogP contribution is 2.13.